The first kappa shape index (κ1) is 17.7. The number of carbonyl (C=O) groups is 1. The third-order valence-electron chi connectivity index (χ3n) is 3.54. The number of hydrogen-bond donors (Lipinski definition) is 3. The van der Waals surface area contributed by atoms with E-state index in [2.05, 4.69) is 20.9 Å². The zero-order chi connectivity index (χ0) is 17.4. The lowest BCUT2D eigenvalue weighted by Crippen LogP contribution is -2.37. The SMILES string of the molecule is CCOc1ccc(Nc2ncccc2C(=O)NCC(C)NC)cc1. The summed E-state index contributed by atoms with van der Waals surface area (Å²) in [4.78, 5) is 16.7. The molecule has 6 nitrogen and oxygen atoms in total. The highest BCUT2D eigenvalue weighted by Crippen LogP contribution is 2.21. The number of ether oxygens (including phenoxy) is 1. The summed E-state index contributed by atoms with van der Waals surface area (Å²) in [5.41, 5.74) is 1.35. The van der Waals surface area contributed by atoms with Gasteiger partial charge in [-0.15, -0.1) is 0 Å². The van der Waals surface area contributed by atoms with E-state index in [4.69, 9.17) is 4.74 Å². The van der Waals surface area contributed by atoms with Crippen LogP contribution < -0.4 is 20.7 Å². The molecule has 2 rings (SSSR count). The minimum absolute atomic E-state index is 0.154. The van der Waals surface area contributed by atoms with E-state index in [9.17, 15) is 4.79 Å². The van der Waals surface area contributed by atoms with Crippen LogP contribution in [0.15, 0.2) is 42.6 Å². The molecule has 0 spiro atoms. The molecule has 0 bridgehead atoms. The van der Waals surface area contributed by atoms with Gasteiger partial charge in [0.15, 0.2) is 0 Å². The van der Waals surface area contributed by atoms with Gasteiger partial charge >= 0.3 is 0 Å². The Bertz CT molecular complexity index is 658. The molecule has 1 amide bonds. The van der Waals surface area contributed by atoms with Crippen LogP contribution in [0.25, 0.3) is 0 Å². The molecule has 0 aliphatic carbocycles. The lowest BCUT2D eigenvalue weighted by molar-refractivity contribution is 0.0951. The smallest absolute Gasteiger partial charge is 0.255 e. The van der Waals surface area contributed by atoms with Crippen LogP contribution in [0.5, 0.6) is 5.75 Å². The summed E-state index contributed by atoms with van der Waals surface area (Å²) < 4.78 is 5.42. The van der Waals surface area contributed by atoms with Crippen molar-refractivity contribution in [3.05, 3.63) is 48.2 Å². The van der Waals surface area contributed by atoms with Gasteiger partial charge in [-0.25, -0.2) is 4.98 Å². The monoisotopic (exact) mass is 328 g/mol. The molecule has 1 unspecified atom stereocenters. The van der Waals surface area contributed by atoms with E-state index in [1.807, 2.05) is 45.2 Å². The van der Waals surface area contributed by atoms with E-state index < -0.39 is 0 Å². The van der Waals surface area contributed by atoms with Crippen LogP contribution in [0.1, 0.15) is 24.2 Å². The summed E-state index contributed by atoms with van der Waals surface area (Å²) in [6, 6.07) is 11.2. The molecular weight excluding hydrogens is 304 g/mol. The summed E-state index contributed by atoms with van der Waals surface area (Å²) >= 11 is 0. The third kappa shape index (κ3) is 4.96. The molecule has 6 heteroatoms. The number of nitrogens with zero attached hydrogens (tertiary/aromatic N) is 1. The number of carbonyl (C=O) groups excluding carboxylic acids is 1. The number of aromatic nitrogens is 1. The Morgan fingerprint density at radius 3 is 2.67 bits per heavy atom. The van der Waals surface area contributed by atoms with Gasteiger partial charge in [0, 0.05) is 24.5 Å². The van der Waals surface area contributed by atoms with E-state index in [1.54, 1.807) is 18.3 Å². The third-order valence-corrected chi connectivity index (χ3v) is 3.54. The van der Waals surface area contributed by atoms with Gasteiger partial charge in [0.05, 0.1) is 12.2 Å². The normalized spacial score (nSPS) is 11.6. The number of benzene rings is 1. The summed E-state index contributed by atoms with van der Waals surface area (Å²) in [6.45, 7) is 5.12. The molecule has 0 radical (unpaired) electrons. The van der Waals surface area contributed by atoms with Crippen LogP contribution in [0, 0.1) is 0 Å². The van der Waals surface area contributed by atoms with E-state index in [0.717, 1.165) is 11.4 Å². The number of pyridine rings is 1. The Morgan fingerprint density at radius 1 is 1.25 bits per heavy atom. The van der Waals surface area contributed by atoms with Crippen LogP contribution in [-0.2, 0) is 0 Å². The molecule has 0 saturated carbocycles. The topological polar surface area (TPSA) is 75.3 Å². The molecule has 128 valence electrons. The molecule has 3 N–H and O–H groups in total. The second-order valence-corrected chi connectivity index (χ2v) is 5.38. The average molecular weight is 328 g/mol. The van der Waals surface area contributed by atoms with Crippen LogP contribution in [0.3, 0.4) is 0 Å². The van der Waals surface area contributed by atoms with Crippen molar-refractivity contribution < 1.29 is 9.53 Å². The maximum absolute atomic E-state index is 12.4. The standard InChI is InChI=1S/C18H24N4O2/c1-4-24-15-9-7-14(8-10-15)22-17-16(6-5-11-20-17)18(23)21-12-13(2)19-3/h5-11,13,19H,4,12H2,1-3H3,(H,20,22)(H,21,23). The second kappa shape index (κ2) is 8.88. The number of nitrogens with one attached hydrogen (secondary N) is 3. The van der Waals surface area contributed by atoms with Gasteiger partial charge in [-0.1, -0.05) is 0 Å². The summed E-state index contributed by atoms with van der Waals surface area (Å²) in [6.07, 6.45) is 1.66. The first-order valence-corrected chi connectivity index (χ1v) is 8.04. The Hall–Kier alpha value is -2.60. The molecule has 0 aliphatic heterocycles. The van der Waals surface area contributed by atoms with Gasteiger partial charge in [0.1, 0.15) is 11.6 Å². The van der Waals surface area contributed by atoms with Gasteiger partial charge in [0.2, 0.25) is 0 Å². The Morgan fingerprint density at radius 2 is 2.00 bits per heavy atom. The van der Waals surface area contributed by atoms with Crippen molar-refractivity contribution in [2.75, 3.05) is 25.5 Å². The number of likely N-dealkylation sites (N-methyl/N-ethyl adjacent to an activating group) is 1. The zero-order valence-electron chi connectivity index (χ0n) is 14.3. The molecule has 1 atom stereocenters. The molecule has 0 saturated heterocycles. The summed E-state index contributed by atoms with van der Waals surface area (Å²) in [5.74, 6) is 1.18. The average Bonchev–Trinajstić information content (AvgIpc) is 2.61. The lowest BCUT2D eigenvalue weighted by atomic mass is 10.2. The van der Waals surface area contributed by atoms with Crippen molar-refractivity contribution in [2.45, 2.75) is 19.9 Å². The van der Waals surface area contributed by atoms with Gasteiger partial charge < -0.3 is 20.7 Å². The fraction of sp³-hybridized carbons (Fsp3) is 0.333. The van der Waals surface area contributed by atoms with Crippen LogP contribution in [-0.4, -0.2) is 37.1 Å². The van der Waals surface area contributed by atoms with Gasteiger partial charge in [-0.05, 0) is 57.3 Å². The Kier molecular flexibility index (Phi) is 6.57. The predicted molar refractivity (Wildman–Crippen MR) is 96.0 cm³/mol. The van der Waals surface area contributed by atoms with Crippen molar-refractivity contribution in [2.24, 2.45) is 0 Å². The minimum atomic E-state index is -0.154. The fourth-order valence-corrected chi connectivity index (χ4v) is 2.07. The molecule has 0 aliphatic rings. The molecule has 1 heterocycles. The van der Waals surface area contributed by atoms with Crippen molar-refractivity contribution in [3.63, 3.8) is 0 Å². The minimum Gasteiger partial charge on any atom is -0.494 e. The van der Waals surface area contributed by atoms with Crippen molar-refractivity contribution in [1.29, 1.82) is 0 Å². The predicted octanol–water partition coefficient (Wildman–Crippen LogP) is 2.56. The second-order valence-electron chi connectivity index (χ2n) is 5.38. The summed E-state index contributed by atoms with van der Waals surface area (Å²) in [5, 5.41) is 9.17. The molecular formula is C18H24N4O2. The molecule has 1 aromatic heterocycles. The molecule has 2 aromatic rings. The van der Waals surface area contributed by atoms with Crippen LogP contribution >= 0.6 is 0 Å². The van der Waals surface area contributed by atoms with E-state index >= 15 is 0 Å². The van der Waals surface area contributed by atoms with E-state index in [1.165, 1.54) is 0 Å². The maximum atomic E-state index is 12.4. The number of rotatable bonds is 8. The first-order valence-electron chi connectivity index (χ1n) is 8.04. The Balaban J connectivity index is 2.09. The zero-order valence-corrected chi connectivity index (χ0v) is 14.3. The van der Waals surface area contributed by atoms with Crippen LogP contribution in [0.4, 0.5) is 11.5 Å². The first-order chi connectivity index (χ1) is 11.6. The van der Waals surface area contributed by atoms with Crippen molar-refractivity contribution in [1.82, 2.24) is 15.6 Å². The fourth-order valence-electron chi connectivity index (χ4n) is 2.07. The van der Waals surface area contributed by atoms with Gasteiger partial charge in [-0.3, -0.25) is 4.79 Å². The number of amides is 1. The molecule has 0 fully saturated rings. The maximum Gasteiger partial charge on any atom is 0.255 e. The largest absolute Gasteiger partial charge is 0.494 e. The number of anilines is 2. The van der Waals surface area contributed by atoms with Crippen LogP contribution in [0.2, 0.25) is 0 Å². The highest BCUT2D eigenvalue weighted by molar-refractivity contribution is 5.99. The quantitative estimate of drug-likeness (QED) is 0.694. The number of hydrogen-bond acceptors (Lipinski definition) is 5. The molecule has 24 heavy (non-hydrogen) atoms. The van der Waals surface area contributed by atoms with Gasteiger partial charge in [-0.2, -0.15) is 0 Å². The van der Waals surface area contributed by atoms with Gasteiger partial charge in [0.25, 0.3) is 5.91 Å². The van der Waals surface area contributed by atoms with E-state index in [-0.39, 0.29) is 11.9 Å². The van der Waals surface area contributed by atoms with Crippen molar-refractivity contribution >= 4 is 17.4 Å². The lowest BCUT2D eigenvalue weighted by Gasteiger charge is -2.14. The van der Waals surface area contributed by atoms with E-state index in [0.29, 0.717) is 24.5 Å². The van der Waals surface area contributed by atoms with Crippen molar-refractivity contribution in [3.8, 4) is 5.75 Å². The summed E-state index contributed by atoms with van der Waals surface area (Å²) in [7, 11) is 1.86. The highest BCUT2D eigenvalue weighted by Gasteiger charge is 2.13. The molecule has 1 aromatic carbocycles. The Labute approximate surface area is 142 Å². The highest BCUT2D eigenvalue weighted by atomic mass is 16.5.